The first-order valence-electron chi connectivity index (χ1n) is 9.46. The van der Waals surface area contributed by atoms with Crippen LogP contribution in [0.15, 0.2) is 41.5 Å². The molecule has 2 aromatic carbocycles. The van der Waals surface area contributed by atoms with Crippen LogP contribution in [0, 0.1) is 0 Å². The van der Waals surface area contributed by atoms with Crippen molar-refractivity contribution >= 4 is 23.7 Å². The van der Waals surface area contributed by atoms with E-state index < -0.39 is 0 Å². The van der Waals surface area contributed by atoms with Gasteiger partial charge in [0.05, 0.1) is 6.21 Å². The largest absolute Gasteiger partial charge is 0.507 e. The van der Waals surface area contributed by atoms with Gasteiger partial charge in [0.2, 0.25) is 0 Å². The molecule has 1 amide bonds. The molecule has 0 aliphatic heterocycles. The number of phenolic OH excluding ortho intramolecular Hbond substituents is 1. The van der Waals surface area contributed by atoms with Crippen LogP contribution in [0.3, 0.4) is 0 Å². The Morgan fingerprint density at radius 1 is 1.10 bits per heavy atom. The number of hydrazone groups is 1. The van der Waals surface area contributed by atoms with Crippen molar-refractivity contribution in [2.75, 3.05) is 6.61 Å². The summed E-state index contributed by atoms with van der Waals surface area (Å²) in [5.74, 6) is 0.438. The van der Waals surface area contributed by atoms with Gasteiger partial charge in [-0.15, -0.1) is 0 Å². The predicted molar refractivity (Wildman–Crippen MR) is 118 cm³/mol. The summed E-state index contributed by atoms with van der Waals surface area (Å²) in [4.78, 5) is 12.0. The van der Waals surface area contributed by atoms with E-state index in [1.165, 1.54) is 0 Å². The van der Waals surface area contributed by atoms with Crippen molar-refractivity contribution in [3.8, 4) is 11.5 Å². The van der Waals surface area contributed by atoms with E-state index in [4.69, 9.17) is 16.3 Å². The molecular weight excluding hydrogens is 388 g/mol. The molecule has 6 heteroatoms. The van der Waals surface area contributed by atoms with Gasteiger partial charge < -0.3 is 9.84 Å². The van der Waals surface area contributed by atoms with Crippen LogP contribution in [0.5, 0.6) is 11.5 Å². The molecule has 0 spiro atoms. The molecular formula is C23H29ClN2O3. The number of benzene rings is 2. The maximum atomic E-state index is 12.0. The lowest BCUT2D eigenvalue weighted by Crippen LogP contribution is -2.24. The van der Waals surface area contributed by atoms with Crippen molar-refractivity contribution in [2.45, 2.75) is 52.4 Å². The number of ether oxygens (including phenoxy) is 1. The second kappa shape index (κ2) is 8.87. The monoisotopic (exact) mass is 416 g/mol. The Labute approximate surface area is 177 Å². The molecule has 2 aromatic rings. The number of carbonyl (C=O) groups is 1. The van der Waals surface area contributed by atoms with Crippen LogP contribution in [0.1, 0.15) is 58.2 Å². The number of hydrogen-bond acceptors (Lipinski definition) is 4. The van der Waals surface area contributed by atoms with Crippen LogP contribution >= 0.6 is 11.6 Å². The van der Waals surface area contributed by atoms with Gasteiger partial charge in [0.1, 0.15) is 11.5 Å². The van der Waals surface area contributed by atoms with Crippen LogP contribution in [0.25, 0.3) is 0 Å². The van der Waals surface area contributed by atoms with E-state index in [0.717, 1.165) is 16.7 Å². The minimum absolute atomic E-state index is 0.173. The topological polar surface area (TPSA) is 70.9 Å². The molecule has 2 rings (SSSR count). The quantitative estimate of drug-likeness (QED) is 0.521. The van der Waals surface area contributed by atoms with Gasteiger partial charge in [0, 0.05) is 16.1 Å². The molecule has 0 aliphatic carbocycles. The zero-order chi connectivity index (χ0) is 21.8. The lowest BCUT2D eigenvalue weighted by Gasteiger charge is -2.27. The summed E-state index contributed by atoms with van der Waals surface area (Å²) in [6, 6.07) is 10.6. The summed E-state index contributed by atoms with van der Waals surface area (Å²) in [5.41, 5.74) is 4.46. The van der Waals surface area contributed by atoms with Crippen molar-refractivity contribution in [1.82, 2.24) is 5.43 Å². The number of nitrogens with zero attached hydrogens (tertiary/aromatic N) is 1. The van der Waals surface area contributed by atoms with Crippen molar-refractivity contribution in [1.29, 1.82) is 0 Å². The normalized spacial score (nSPS) is 12.2. The molecule has 29 heavy (non-hydrogen) atoms. The zero-order valence-corrected chi connectivity index (χ0v) is 18.6. The van der Waals surface area contributed by atoms with E-state index in [1.807, 2.05) is 53.7 Å². The molecule has 0 heterocycles. The summed E-state index contributed by atoms with van der Waals surface area (Å²) >= 11 is 5.89. The first-order chi connectivity index (χ1) is 13.4. The maximum Gasteiger partial charge on any atom is 0.277 e. The highest BCUT2D eigenvalue weighted by atomic mass is 35.5. The molecule has 0 aliphatic rings. The highest BCUT2D eigenvalue weighted by Gasteiger charge is 2.26. The average Bonchev–Trinajstić information content (AvgIpc) is 2.59. The van der Waals surface area contributed by atoms with Gasteiger partial charge in [-0.05, 0) is 46.7 Å². The number of phenols is 1. The molecule has 0 unspecified atom stereocenters. The summed E-state index contributed by atoms with van der Waals surface area (Å²) in [5, 5.41) is 15.3. The molecule has 0 bridgehead atoms. The fraction of sp³-hybridized carbons (Fsp3) is 0.391. The number of carbonyl (C=O) groups excluding carboxylic acids is 1. The number of halogens is 1. The van der Waals surface area contributed by atoms with Gasteiger partial charge >= 0.3 is 0 Å². The van der Waals surface area contributed by atoms with E-state index in [9.17, 15) is 9.90 Å². The van der Waals surface area contributed by atoms with Gasteiger partial charge in [0.25, 0.3) is 5.91 Å². The minimum atomic E-state index is -0.382. The molecule has 2 N–H and O–H groups in total. The summed E-state index contributed by atoms with van der Waals surface area (Å²) in [6.07, 6.45) is 1.57. The number of nitrogens with one attached hydrogen (secondary N) is 1. The fourth-order valence-corrected chi connectivity index (χ4v) is 2.97. The molecule has 0 saturated heterocycles. The second-order valence-corrected chi connectivity index (χ2v) is 9.44. The van der Waals surface area contributed by atoms with Gasteiger partial charge in [-0.1, -0.05) is 59.2 Å². The fourth-order valence-electron chi connectivity index (χ4n) is 2.79. The average molecular weight is 417 g/mol. The number of amides is 1. The molecule has 0 radical (unpaired) electrons. The van der Waals surface area contributed by atoms with Gasteiger partial charge in [0.15, 0.2) is 6.61 Å². The zero-order valence-electron chi connectivity index (χ0n) is 17.8. The highest BCUT2D eigenvalue weighted by molar-refractivity contribution is 6.30. The first kappa shape index (κ1) is 22.8. The molecule has 0 atom stereocenters. The van der Waals surface area contributed by atoms with Crippen molar-refractivity contribution in [3.05, 3.63) is 58.1 Å². The Kier molecular flexibility index (Phi) is 6.96. The van der Waals surface area contributed by atoms with Crippen LogP contribution in [0.4, 0.5) is 0 Å². The third-order valence-electron chi connectivity index (χ3n) is 4.32. The number of hydrogen-bond donors (Lipinski definition) is 2. The molecule has 0 aromatic heterocycles. The Balaban J connectivity index is 2.12. The lowest BCUT2D eigenvalue weighted by molar-refractivity contribution is -0.123. The summed E-state index contributed by atoms with van der Waals surface area (Å²) in [7, 11) is 0. The Hall–Kier alpha value is -2.53. The van der Waals surface area contributed by atoms with Crippen molar-refractivity contribution in [3.63, 3.8) is 0 Å². The second-order valence-electron chi connectivity index (χ2n) is 9.00. The van der Waals surface area contributed by atoms with E-state index in [0.29, 0.717) is 16.5 Å². The first-order valence-corrected chi connectivity index (χ1v) is 9.84. The highest BCUT2D eigenvalue weighted by Crippen LogP contribution is 2.39. The predicted octanol–water partition coefficient (Wildman–Crippen LogP) is 5.17. The van der Waals surface area contributed by atoms with Crippen LogP contribution < -0.4 is 10.2 Å². The van der Waals surface area contributed by atoms with Gasteiger partial charge in [-0.25, -0.2) is 5.43 Å². The van der Waals surface area contributed by atoms with Crippen LogP contribution in [-0.2, 0) is 15.6 Å². The van der Waals surface area contributed by atoms with Gasteiger partial charge in [-0.2, -0.15) is 5.10 Å². The van der Waals surface area contributed by atoms with Gasteiger partial charge in [-0.3, -0.25) is 4.79 Å². The van der Waals surface area contributed by atoms with Crippen LogP contribution in [-0.4, -0.2) is 23.8 Å². The standard InChI is InChI=1S/C23H29ClN2O3/c1-22(2,3)18-10-15(11-19(21(18)28)23(4,5)6)13-25-26-20(27)14-29-17-9-7-8-16(24)12-17/h7-13,28H,14H2,1-6H3,(H,26,27)/b25-13-. The van der Waals surface area contributed by atoms with Crippen molar-refractivity contribution in [2.24, 2.45) is 5.10 Å². The molecule has 0 saturated carbocycles. The smallest absolute Gasteiger partial charge is 0.277 e. The minimum Gasteiger partial charge on any atom is -0.507 e. The maximum absolute atomic E-state index is 12.0. The van der Waals surface area contributed by atoms with Crippen molar-refractivity contribution < 1.29 is 14.6 Å². The van der Waals surface area contributed by atoms with E-state index >= 15 is 0 Å². The Morgan fingerprint density at radius 3 is 2.21 bits per heavy atom. The number of aromatic hydroxyl groups is 1. The molecule has 5 nitrogen and oxygen atoms in total. The third kappa shape index (κ3) is 6.50. The summed E-state index contributed by atoms with van der Waals surface area (Å²) in [6.45, 7) is 12.1. The molecule has 0 fully saturated rings. The summed E-state index contributed by atoms with van der Waals surface area (Å²) < 4.78 is 5.39. The number of rotatable bonds is 5. The van der Waals surface area contributed by atoms with E-state index in [2.05, 4.69) is 10.5 Å². The van der Waals surface area contributed by atoms with Crippen LogP contribution in [0.2, 0.25) is 5.02 Å². The third-order valence-corrected chi connectivity index (χ3v) is 4.55. The Bertz CT molecular complexity index is 874. The van der Waals surface area contributed by atoms with E-state index in [1.54, 1.807) is 30.5 Å². The Morgan fingerprint density at radius 2 is 1.69 bits per heavy atom. The molecule has 156 valence electrons. The van der Waals surface area contributed by atoms with E-state index in [-0.39, 0.29) is 23.3 Å². The lowest BCUT2D eigenvalue weighted by atomic mass is 9.78. The SMILES string of the molecule is CC(C)(C)c1cc(/C=N\NC(=O)COc2cccc(Cl)c2)cc(C(C)(C)C)c1O.